The Bertz CT molecular complexity index is 338. The van der Waals surface area contributed by atoms with Crippen molar-refractivity contribution in [1.29, 1.82) is 5.26 Å². The summed E-state index contributed by atoms with van der Waals surface area (Å²) in [7, 11) is 0. The fourth-order valence-corrected chi connectivity index (χ4v) is 1.81. The van der Waals surface area contributed by atoms with Crippen molar-refractivity contribution in [3.63, 3.8) is 0 Å². The van der Waals surface area contributed by atoms with E-state index >= 15 is 0 Å². The Labute approximate surface area is 87.4 Å². The predicted molar refractivity (Wildman–Crippen MR) is 55.0 cm³/mol. The maximum atomic E-state index is 11.7. The molecule has 1 atom stereocenters. The van der Waals surface area contributed by atoms with Crippen LogP contribution in [0.5, 0.6) is 0 Å². The highest BCUT2D eigenvalue weighted by molar-refractivity contribution is 7.11. The van der Waals surface area contributed by atoms with Gasteiger partial charge in [-0.1, -0.05) is 13.8 Å². The lowest BCUT2D eigenvalue weighted by molar-refractivity contribution is 0.0941. The third kappa shape index (κ3) is 2.64. The smallest absolute Gasteiger partial charge is 0.191 e. The van der Waals surface area contributed by atoms with Gasteiger partial charge in [0, 0.05) is 6.20 Å². The summed E-state index contributed by atoms with van der Waals surface area (Å²) in [4.78, 5) is 16.1. The molecule has 0 spiro atoms. The van der Waals surface area contributed by atoms with Crippen LogP contribution in [0.1, 0.15) is 29.9 Å². The molecule has 0 bridgehead atoms. The standard InChI is InChI=1S/C10H12N2OS/c1-7(2)3-8(4-11)10(13)9-5-12-6-14-9/h5-8H,3H2,1-2H3. The second-order valence-electron chi connectivity index (χ2n) is 3.54. The van der Waals surface area contributed by atoms with Crippen molar-refractivity contribution in [2.24, 2.45) is 11.8 Å². The van der Waals surface area contributed by atoms with Crippen LogP contribution in [0.15, 0.2) is 11.7 Å². The van der Waals surface area contributed by atoms with Crippen LogP contribution in [0.4, 0.5) is 0 Å². The van der Waals surface area contributed by atoms with Gasteiger partial charge in [0.1, 0.15) is 5.92 Å². The highest BCUT2D eigenvalue weighted by Gasteiger charge is 2.21. The number of hydrogen-bond acceptors (Lipinski definition) is 4. The SMILES string of the molecule is CC(C)CC(C#N)C(=O)c1cncs1. The lowest BCUT2D eigenvalue weighted by Crippen LogP contribution is -2.14. The van der Waals surface area contributed by atoms with E-state index in [1.54, 1.807) is 5.51 Å². The van der Waals surface area contributed by atoms with E-state index in [4.69, 9.17) is 5.26 Å². The van der Waals surface area contributed by atoms with Gasteiger partial charge in [-0.3, -0.25) is 9.78 Å². The van der Waals surface area contributed by atoms with Gasteiger partial charge in [0.05, 0.1) is 16.5 Å². The summed E-state index contributed by atoms with van der Waals surface area (Å²) < 4.78 is 0. The largest absolute Gasteiger partial charge is 0.292 e. The first-order valence-electron chi connectivity index (χ1n) is 4.47. The average Bonchev–Trinajstić information content (AvgIpc) is 2.65. The van der Waals surface area contributed by atoms with Crippen LogP contribution in [0.3, 0.4) is 0 Å². The van der Waals surface area contributed by atoms with Crippen LogP contribution < -0.4 is 0 Å². The monoisotopic (exact) mass is 208 g/mol. The first-order chi connectivity index (χ1) is 6.65. The molecule has 0 amide bonds. The molecular weight excluding hydrogens is 196 g/mol. The van der Waals surface area contributed by atoms with Crippen molar-refractivity contribution in [1.82, 2.24) is 4.98 Å². The summed E-state index contributed by atoms with van der Waals surface area (Å²) in [6.07, 6.45) is 2.14. The van der Waals surface area contributed by atoms with Crippen molar-refractivity contribution in [3.05, 3.63) is 16.6 Å². The summed E-state index contributed by atoms with van der Waals surface area (Å²) in [6, 6.07) is 2.05. The van der Waals surface area contributed by atoms with Crippen LogP contribution in [0, 0.1) is 23.2 Å². The van der Waals surface area contributed by atoms with Crippen molar-refractivity contribution >= 4 is 17.1 Å². The number of Topliss-reactive ketones (excluding diaryl/α,β-unsaturated/α-hetero) is 1. The summed E-state index contributed by atoms with van der Waals surface area (Å²) in [6.45, 7) is 4.01. The summed E-state index contributed by atoms with van der Waals surface area (Å²) in [5.74, 6) is -0.254. The molecule has 1 heterocycles. The van der Waals surface area contributed by atoms with Crippen LogP contribution >= 0.6 is 11.3 Å². The van der Waals surface area contributed by atoms with E-state index in [9.17, 15) is 4.79 Å². The number of ketones is 1. The van der Waals surface area contributed by atoms with Crippen LogP contribution in [0.2, 0.25) is 0 Å². The molecule has 14 heavy (non-hydrogen) atoms. The number of nitrogens with zero attached hydrogens (tertiary/aromatic N) is 2. The number of rotatable bonds is 4. The Hall–Kier alpha value is -1.21. The molecule has 0 aliphatic rings. The molecule has 1 rings (SSSR count). The molecule has 0 aromatic carbocycles. The first-order valence-corrected chi connectivity index (χ1v) is 5.35. The second-order valence-corrected chi connectivity index (χ2v) is 4.43. The van der Waals surface area contributed by atoms with Gasteiger partial charge in [0.2, 0.25) is 0 Å². The Kier molecular flexibility index (Phi) is 3.78. The molecule has 1 aromatic heterocycles. The maximum absolute atomic E-state index is 11.7. The number of aromatic nitrogens is 1. The van der Waals surface area contributed by atoms with Crippen LogP contribution in [-0.2, 0) is 0 Å². The van der Waals surface area contributed by atoms with Gasteiger partial charge in [0.25, 0.3) is 0 Å². The summed E-state index contributed by atoms with van der Waals surface area (Å²) in [5, 5.41) is 8.86. The van der Waals surface area contributed by atoms with Gasteiger partial charge in [0.15, 0.2) is 5.78 Å². The predicted octanol–water partition coefficient (Wildman–Crippen LogP) is 2.51. The molecular formula is C10H12N2OS. The van der Waals surface area contributed by atoms with E-state index in [-0.39, 0.29) is 5.78 Å². The second kappa shape index (κ2) is 4.87. The fraction of sp³-hybridized carbons (Fsp3) is 0.500. The van der Waals surface area contributed by atoms with Crippen LogP contribution in [0.25, 0.3) is 0 Å². The van der Waals surface area contributed by atoms with Crippen molar-refractivity contribution in [3.8, 4) is 6.07 Å². The number of thiazole rings is 1. The van der Waals surface area contributed by atoms with Crippen molar-refractivity contribution < 1.29 is 4.79 Å². The molecule has 1 aromatic rings. The zero-order valence-corrected chi connectivity index (χ0v) is 9.04. The van der Waals surface area contributed by atoms with Gasteiger partial charge >= 0.3 is 0 Å². The normalized spacial score (nSPS) is 12.4. The quantitative estimate of drug-likeness (QED) is 0.714. The van der Waals surface area contributed by atoms with Gasteiger partial charge in [-0.15, -0.1) is 11.3 Å². The van der Waals surface area contributed by atoms with E-state index < -0.39 is 5.92 Å². The molecule has 4 heteroatoms. The molecule has 0 aliphatic carbocycles. The zero-order valence-electron chi connectivity index (χ0n) is 8.23. The molecule has 3 nitrogen and oxygen atoms in total. The molecule has 1 unspecified atom stereocenters. The third-order valence-corrected chi connectivity index (χ3v) is 2.64. The summed E-state index contributed by atoms with van der Waals surface area (Å²) in [5.41, 5.74) is 1.61. The highest BCUT2D eigenvalue weighted by atomic mass is 32.1. The van der Waals surface area contributed by atoms with E-state index in [1.165, 1.54) is 17.5 Å². The number of carbonyl (C=O) groups excluding carboxylic acids is 1. The van der Waals surface area contributed by atoms with Gasteiger partial charge in [-0.05, 0) is 12.3 Å². The zero-order chi connectivity index (χ0) is 10.6. The minimum Gasteiger partial charge on any atom is -0.292 e. The Balaban J connectivity index is 2.72. The first kappa shape index (κ1) is 10.9. The van der Waals surface area contributed by atoms with E-state index in [0.29, 0.717) is 17.2 Å². The lowest BCUT2D eigenvalue weighted by Gasteiger charge is -2.08. The molecule has 0 fully saturated rings. The third-order valence-electron chi connectivity index (χ3n) is 1.85. The van der Waals surface area contributed by atoms with Gasteiger partial charge in [-0.2, -0.15) is 5.26 Å². The minimum absolute atomic E-state index is 0.0938. The summed E-state index contributed by atoms with van der Waals surface area (Å²) >= 11 is 1.29. The van der Waals surface area contributed by atoms with E-state index in [0.717, 1.165) is 0 Å². The maximum Gasteiger partial charge on any atom is 0.191 e. The van der Waals surface area contributed by atoms with E-state index in [2.05, 4.69) is 11.1 Å². The van der Waals surface area contributed by atoms with Crippen LogP contribution in [-0.4, -0.2) is 10.8 Å². The lowest BCUT2D eigenvalue weighted by atomic mass is 9.94. The minimum atomic E-state index is -0.518. The average molecular weight is 208 g/mol. The number of hydrogen-bond donors (Lipinski definition) is 0. The van der Waals surface area contributed by atoms with Crippen molar-refractivity contribution in [2.45, 2.75) is 20.3 Å². The topological polar surface area (TPSA) is 53.8 Å². The number of nitriles is 1. The van der Waals surface area contributed by atoms with Crippen molar-refractivity contribution in [2.75, 3.05) is 0 Å². The van der Waals surface area contributed by atoms with E-state index in [1.807, 2.05) is 13.8 Å². The Morgan fingerprint density at radius 2 is 2.43 bits per heavy atom. The molecule has 0 saturated carbocycles. The Morgan fingerprint density at radius 3 is 2.86 bits per heavy atom. The molecule has 0 aliphatic heterocycles. The van der Waals surface area contributed by atoms with Gasteiger partial charge < -0.3 is 0 Å². The highest BCUT2D eigenvalue weighted by Crippen LogP contribution is 2.18. The molecule has 74 valence electrons. The Morgan fingerprint density at radius 1 is 1.71 bits per heavy atom. The number of carbonyl (C=O) groups is 1. The molecule has 0 radical (unpaired) electrons. The van der Waals surface area contributed by atoms with Gasteiger partial charge in [-0.25, -0.2) is 0 Å². The molecule has 0 saturated heterocycles. The molecule has 0 N–H and O–H groups in total. The fourth-order valence-electron chi connectivity index (χ4n) is 1.20.